The summed E-state index contributed by atoms with van der Waals surface area (Å²) < 4.78 is 6.31. The number of pyridine rings is 4. The van der Waals surface area contributed by atoms with E-state index in [-0.39, 0.29) is 0 Å². The minimum atomic E-state index is 0.597. The molecule has 0 saturated carbocycles. The van der Waals surface area contributed by atoms with Crippen LogP contribution in [0.15, 0.2) is 134 Å². The number of hydrogen-bond donors (Lipinski definition) is 0. The van der Waals surface area contributed by atoms with E-state index in [4.69, 9.17) is 4.74 Å². The van der Waals surface area contributed by atoms with Gasteiger partial charge in [0.05, 0.1) is 0 Å². The van der Waals surface area contributed by atoms with Gasteiger partial charge in [-0.2, -0.15) is 0 Å². The van der Waals surface area contributed by atoms with Gasteiger partial charge in [-0.25, -0.2) is 19.9 Å². The summed E-state index contributed by atoms with van der Waals surface area (Å²) in [5.41, 5.74) is 5.57. The average molecular weight is 575 g/mol. The molecule has 45 heavy (non-hydrogen) atoms. The van der Waals surface area contributed by atoms with E-state index >= 15 is 0 Å². The van der Waals surface area contributed by atoms with Crippen molar-refractivity contribution in [1.29, 1.82) is 0 Å². The Morgan fingerprint density at radius 1 is 0.333 bits per heavy atom. The fraction of sp³-hybridized carbons (Fsp3) is 0. The zero-order valence-electron chi connectivity index (χ0n) is 23.9. The zero-order valence-corrected chi connectivity index (χ0v) is 23.9. The molecule has 0 bridgehead atoms. The summed E-state index contributed by atoms with van der Waals surface area (Å²) in [6.45, 7) is 0. The molecule has 0 aliphatic heterocycles. The van der Waals surface area contributed by atoms with Gasteiger partial charge in [0.25, 0.3) is 0 Å². The van der Waals surface area contributed by atoms with E-state index in [0.29, 0.717) is 45.4 Å². The van der Waals surface area contributed by atoms with Crippen LogP contribution >= 0.6 is 0 Å². The van der Waals surface area contributed by atoms with Crippen molar-refractivity contribution in [2.45, 2.75) is 0 Å². The topological polar surface area (TPSA) is 60.8 Å². The molecule has 0 fully saturated rings. The smallest absolute Gasteiger partial charge is 0.128 e. The molecule has 0 unspecified atom stereocenters. The van der Waals surface area contributed by atoms with Crippen molar-refractivity contribution in [3.63, 3.8) is 0 Å². The van der Waals surface area contributed by atoms with E-state index in [2.05, 4.69) is 67.3 Å². The molecule has 0 saturated heterocycles. The van der Waals surface area contributed by atoms with Crippen molar-refractivity contribution in [2.24, 2.45) is 0 Å². The number of benzene rings is 2. The van der Waals surface area contributed by atoms with Crippen molar-refractivity contribution in [2.75, 3.05) is 0 Å². The Bertz CT molecular complexity index is 2030. The van der Waals surface area contributed by atoms with Crippen LogP contribution in [0.25, 0.3) is 0 Å². The third-order valence-electron chi connectivity index (χ3n) is 6.18. The molecule has 0 aliphatic carbocycles. The van der Waals surface area contributed by atoms with Gasteiger partial charge < -0.3 is 4.74 Å². The molecule has 0 aliphatic rings. The van der Waals surface area contributed by atoms with Crippen LogP contribution in [0.5, 0.6) is 11.5 Å². The molecule has 4 aromatic heterocycles. The lowest BCUT2D eigenvalue weighted by Crippen LogP contribution is -1.92. The third-order valence-corrected chi connectivity index (χ3v) is 6.18. The second kappa shape index (κ2) is 14.3. The van der Waals surface area contributed by atoms with Crippen molar-refractivity contribution in [3.8, 4) is 58.9 Å². The van der Waals surface area contributed by atoms with Gasteiger partial charge >= 0.3 is 0 Å². The highest BCUT2D eigenvalue weighted by Crippen LogP contribution is 2.26. The van der Waals surface area contributed by atoms with Crippen LogP contribution in [0.3, 0.4) is 0 Å². The van der Waals surface area contributed by atoms with Crippen LogP contribution in [0.4, 0.5) is 0 Å². The highest BCUT2D eigenvalue weighted by atomic mass is 16.5. The molecule has 5 heteroatoms. The molecular formula is C40H22N4O. The summed E-state index contributed by atoms with van der Waals surface area (Å²) in [7, 11) is 0. The predicted molar refractivity (Wildman–Crippen MR) is 174 cm³/mol. The zero-order chi connectivity index (χ0) is 30.5. The van der Waals surface area contributed by atoms with Crippen molar-refractivity contribution in [3.05, 3.63) is 179 Å². The predicted octanol–water partition coefficient (Wildman–Crippen LogP) is 6.66. The maximum absolute atomic E-state index is 6.31. The van der Waals surface area contributed by atoms with Crippen molar-refractivity contribution >= 4 is 0 Å². The molecule has 0 atom stereocenters. The lowest BCUT2D eigenvalue weighted by Gasteiger charge is -2.09. The van der Waals surface area contributed by atoms with Gasteiger partial charge in [-0.1, -0.05) is 47.9 Å². The molecule has 0 amide bonds. The number of nitrogens with zero attached hydrogens (tertiary/aromatic N) is 4. The van der Waals surface area contributed by atoms with E-state index < -0.39 is 0 Å². The molecule has 6 aromatic rings. The van der Waals surface area contributed by atoms with E-state index in [1.807, 2.05) is 109 Å². The molecule has 2 aromatic carbocycles. The first-order valence-electron chi connectivity index (χ1n) is 14.0. The molecule has 4 heterocycles. The summed E-state index contributed by atoms with van der Waals surface area (Å²) in [5.74, 6) is 26.5. The molecule has 0 N–H and O–H groups in total. The second-order valence-corrected chi connectivity index (χ2v) is 9.38. The van der Waals surface area contributed by atoms with Gasteiger partial charge in [-0.05, 0) is 109 Å². The van der Waals surface area contributed by atoms with Gasteiger partial charge in [0.15, 0.2) is 0 Å². The first-order valence-corrected chi connectivity index (χ1v) is 14.0. The quantitative estimate of drug-likeness (QED) is 0.217. The van der Waals surface area contributed by atoms with Crippen molar-refractivity contribution < 1.29 is 4.74 Å². The molecule has 6 rings (SSSR count). The van der Waals surface area contributed by atoms with E-state index in [9.17, 15) is 0 Å². The number of hydrogen-bond acceptors (Lipinski definition) is 5. The first-order chi connectivity index (χ1) is 22.3. The fourth-order valence-electron chi connectivity index (χ4n) is 4.01. The maximum atomic E-state index is 6.31. The highest BCUT2D eigenvalue weighted by molar-refractivity contribution is 5.58. The average Bonchev–Trinajstić information content (AvgIpc) is 3.11. The standard InChI is InChI=1S/C40H22N4O/c1-5-25-41-35(9-1)19-13-31-17-23-39(29-33(31)15-21-37-11-3-7-27-43-37)45-40-24-18-32(14-20-36-10-2-6-26-42-36)34(30-40)16-22-38-12-4-8-28-44-38/h1-12,17-18,23-30H. The Balaban J connectivity index is 1.35. The van der Waals surface area contributed by atoms with Crippen LogP contribution in [0, 0.1) is 47.4 Å². The van der Waals surface area contributed by atoms with E-state index in [1.165, 1.54) is 0 Å². The molecule has 208 valence electrons. The summed E-state index contributed by atoms with van der Waals surface area (Å²) in [6, 6.07) is 33.7. The highest BCUT2D eigenvalue weighted by Gasteiger charge is 2.06. The Morgan fingerprint density at radius 2 is 0.667 bits per heavy atom. The summed E-state index contributed by atoms with van der Waals surface area (Å²) >= 11 is 0. The molecular weight excluding hydrogens is 552 g/mol. The van der Waals surface area contributed by atoms with Crippen molar-refractivity contribution in [1.82, 2.24) is 19.9 Å². The van der Waals surface area contributed by atoms with E-state index in [0.717, 1.165) is 11.1 Å². The monoisotopic (exact) mass is 574 g/mol. The lowest BCUT2D eigenvalue weighted by molar-refractivity contribution is 0.482. The van der Waals surface area contributed by atoms with Gasteiger partial charge in [0, 0.05) is 47.0 Å². The first kappa shape index (κ1) is 28.2. The van der Waals surface area contributed by atoms with Gasteiger partial charge in [-0.15, -0.1) is 0 Å². The van der Waals surface area contributed by atoms with E-state index in [1.54, 1.807) is 24.8 Å². The van der Waals surface area contributed by atoms with Crippen LogP contribution in [0.2, 0.25) is 0 Å². The fourth-order valence-corrected chi connectivity index (χ4v) is 4.01. The normalized spacial score (nSPS) is 9.51. The molecule has 0 radical (unpaired) electrons. The Hall–Kier alpha value is -6.92. The number of ether oxygens (including phenoxy) is 1. The largest absolute Gasteiger partial charge is 0.457 e. The van der Waals surface area contributed by atoms with Crippen LogP contribution in [0.1, 0.15) is 45.0 Å². The summed E-state index contributed by atoms with van der Waals surface area (Å²) in [6.07, 6.45) is 6.86. The number of aromatic nitrogens is 4. The number of rotatable bonds is 2. The van der Waals surface area contributed by atoms with Gasteiger partial charge in [0.1, 0.15) is 34.3 Å². The summed E-state index contributed by atoms with van der Waals surface area (Å²) in [5, 5.41) is 0. The third kappa shape index (κ3) is 8.09. The summed E-state index contributed by atoms with van der Waals surface area (Å²) in [4.78, 5) is 17.2. The lowest BCUT2D eigenvalue weighted by atomic mass is 10.1. The minimum absolute atomic E-state index is 0.597. The Labute approximate surface area is 262 Å². The maximum Gasteiger partial charge on any atom is 0.128 e. The van der Waals surface area contributed by atoms with Gasteiger partial charge in [-0.3, -0.25) is 0 Å². The van der Waals surface area contributed by atoms with Crippen LogP contribution in [-0.4, -0.2) is 19.9 Å². The second-order valence-electron chi connectivity index (χ2n) is 9.38. The van der Waals surface area contributed by atoms with Crippen LogP contribution < -0.4 is 4.74 Å². The molecule has 0 spiro atoms. The minimum Gasteiger partial charge on any atom is -0.457 e. The Morgan fingerprint density at radius 3 is 0.978 bits per heavy atom. The van der Waals surface area contributed by atoms with Crippen LogP contribution in [-0.2, 0) is 0 Å². The molecule has 5 nitrogen and oxygen atoms in total. The van der Waals surface area contributed by atoms with Gasteiger partial charge in [0.2, 0.25) is 0 Å². The Kier molecular flexibility index (Phi) is 8.97. The SMILES string of the molecule is C(#Cc1ccc(Oc2ccc(C#Cc3ccccn3)c(C#Cc3ccccn3)c2)cc1C#Cc1ccccn1)c1ccccn1.